The lowest BCUT2D eigenvalue weighted by molar-refractivity contribution is 0.351. The molecule has 0 atom stereocenters. The number of hydrogen-bond acceptors (Lipinski definition) is 4. The van der Waals surface area contributed by atoms with Crippen molar-refractivity contribution < 1.29 is 14.2 Å². The zero-order valence-electron chi connectivity index (χ0n) is 8.88. The summed E-state index contributed by atoms with van der Waals surface area (Å²) in [5.74, 6) is 2.05. The molecule has 1 aromatic rings. The van der Waals surface area contributed by atoms with E-state index in [1.807, 2.05) is 6.07 Å². The third-order valence-electron chi connectivity index (χ3n) is 1.98. The van der Waals surface area contributed by atoms with Gasteiger partial charge in [0.2, 0.25) is 0 Å². The minimum Gasteiger partial charge on any atom is -0.494 e. The molecule has 0 amide bonds. The van der Waals surface area contributed by atoms with E-state index in [2.05, 4.69) is 5.32 Å². The third-order valence-corrected chi connectivity index (χ3v) is 1.98. The Kier molecular flexibility index (Phi) is 3.45. The lowest BCUT2D eigenvalue weighted by Gasteiger charge is -2.15. The maximum absolute atomic E-state index is 5.23. The molecule has 78 valence electrons. The van der Waals surface area contributed by atoms with Crippen LogP contribution in [0.2, 0.25) is 0 Å². The predicted molar refractivity (Wildman–Crippen MR) is 55.6 cm³/mol. The largest absolute Gasteiger partial charge is 0.494 e. The van der Waals surface area contributed by atoms with Gasteiger partial charge >= 0.3 is 0 Å². The molecule has 4 heteroatoms. The van der Waals surface area contributed by atoms with Gasteiger partial charge in [-0.25, -0.2) is 0 Å². The monoisotopic (exact) mass is 197 g/mol. The summed E-state index contributed by atoms with van der Waals surface area (Å²) in [6.07, 6.45) is 0. The number of methoxy groups -OCH3 is 3. The minimum atomic E-state index is 0.648. The van der Waals surface area contributed by atoms with E-state index in [9.17, 15) is 0 Å². The molecule has 14 heavy (non-hydrogen) atoms. The van der Waals surface area contributed by atoms with E-state index in [1.54, 1.807) is 34.4 Å². The molecule has 1 N–H and O–H groups in total. The van der Waals surface area contributed by atoms with Crippen molar-refractivity contribution in [2.45, 2.75) is 0 Å². The van der Waals surface area contributed by atoms with Gasteiger partial charge in [-0.1, -0.05) is 0 Å². The van der Waals surface area contributed by atoms with Crippen molar-refractivity contribution in [2.24, 2.45) is 0 Å². The molecule has 4 nitrogen and oxygen atoms in total. The fourth-order valence-corrected chi connectivity index (χ4v) is 1.32. The van der Waals surface area contributed by atoms with Crippen LogP contribution in [0.3, 0.4) is 0 Å². The first-order chi connectivity index (χ1) is 6.78. The molecule has 0 aliphatic rings. The molecule has 0 unspecified atom stereocenters. The van der Waals surface area contributed by atoms with Crippen LogP contribution in [0.4, 0.5) is 5.69 Å². The highest BCUT2D eigenvalue weighted by Gasteiger charge is 2.13. The molecule has 0 fully saturated rings. The van der Waals surface area contributed by atoms with Crippen molar-refractivity contribution in [1.82, 2.24) is 0 Å². The number of anilines is 1. The maximum atomic E-state index is 5.23. The molecule has 0 saturated carbocycles. The Labute approximate surface area is 83.8 Å². The van der Waals surface area contributed by atoms with Crippen molar-refractivity contribution in [3.8, 4) is 17.2 Å². The van der Waals surface area contributed by atoms with Crippen molar-refractivity contribution in [1.29, 1.82) is 0 Å². The standard InChI is InChI=1S/C10H15NO3/c1-11-9-7(12-2)5-6-8(13-3)10(9)14-4/h5-6,11H,1-4H3. The second-order valence-electron chi connectivity index (χ2n) is 2.63. The normalized spacial score (nSPS) is 9.43. The average Bonchev–Trinajstić information content (AvgIpc) is 2.26. The fourth-order valence-electron chi connectivity index (χ4n) is 1.32. The Hall–Kier alpha value is -1.58. The summed E-state index contributed by atoms with van der Waals surface area (Å²) in [7, 11) is 6.61. The van der Waals surface area contributed by atoms with Crippen molar-refractivity contribution in [2.75, 3.05) is 33.7 Å². The first-order valence-electron chi connectivity index (χ1n) is 4.25. The molecule has 0 saturated heterocycles. The summed E-state index contributed by atoms with van der Waals surface area (Å²) in [5, 5.41) is 3.01. The van der Waals surface area contributed by atoms with Crippen LogP contribution in [-0.2, 0) is 0 Å². The second kappa shape index (κ2) is 4.60. The second-order valence-corrected chi connectivity index (χ2v) is 2.63. The Morgan fingerprint density at radius 2 is 1.50 bits per heavy atom. The van der Waals surface area contributed by atoms with E-state index >= 15 is 0 Å². The lowest BCUT2D eigenvalue weighted by Crippen LogP contribution is -1.99. The van der Waals surface area contributed by atoms with E-state index in [4.69, 9.17) is 14.2 Å². The number of benzene rings is 1. The molecule has 0 heterocycles. The summed E-state index contributed by atoms with van der Waals surface area (Å²) in [5.41, 5.74) is 0.786. The van der Waals surface area contributed by atoms with Gasteiger partial charge < -0.3 is 19.5 Å². The van der Waals surface area contributed by atoms with Crippen LogP contribution >= 0.6 is 0 Å². The minimum absolute atomic E-state index is 0.648. The van der Waals surface area contributed by atoms with Gasteiger partial charge in [-0.2, -0.15) is 0 Å². The van der Waals surface area contributed by atoms with Gasteiger partial charge in [-0.15, -0.1) is 0 Å². The van der Waals surface area contributed by atoms with Crippen molar-refractivity contribution in [3.63, 3.8) is 0 Å². The molecule has 0 aromatic heterocycles. The van der Waals surface area contributed by atoms with Gasteiger partial charge in [0.1, 0.15) is 11.4 Å². The van der Waals surface area contributed by atoms with E-state index in [0.717, 1.165) is 11.4 Å². The van der Waals surface area contributed by atoms with Gasteiger partial charge in [-0.05, 0) is 12.1 Å². The molecule has 1 aromatic carbocycles. The van der Waals surface area contributed by atoms with Crippen molar-refractivity contribution >= 4 is 5.69 Å². The van der Waals surface area contributed by atoms with Gasteiger partial charge in [0.25, 0.3) is 0 Å². The van der Waals surface area contributed by atoms with Crippen LogP contribution in [0.15, 0.2) is 12.1 Å². The number of nitrogens with one attached hydrogen (secondary N) is 1. The topological polar surface area (TPSA) is 39.7 Å². The van der Waals surface area contributed by atoms with Gasteiger partial charge in [0, 0.05) is 7.05 Å². The molecule has 1 rings (SSSR count). The Balaban J connectivity index is 3.28. The van der Waals surface area contributed by atoms with Crippen LogP contribution < -0.4 is 19.5 Å². The summed E-state index contributed by atoms with van der Waals surface area (Å²) in [6.45, 7) is 0. The van der Waals surface area contributed by atoms with Gasteiger partial charge in [-0.3, -0.25) is 0 Å². The Morgan fingerprint density at radius 3 is 1.93 bits per heavy atom. The van der Waals surface area contributed by atoms with E-state index in [1.165, 1.54) is 0 Å². The molecule has 0 aliphatic heterocycles. The summed E-state index contributed by atoms with van der Waals surface area (Å²) in [6, 6.07) is 3.63. The molecular weight excluding hydrogens is 182 g/mol. The molecule has 0 spiro atoms. The van der Waals surface area contributed by atoms with Crippen LogP contribution in [0.25, 0.3) is 0 Å². The Morgan fingerprint density at radius 1 is 0.929 bits per heavy atom. The summed E-state index contributed by atoms with van der Waals surface area (Å²) in [4.78, 5) is 0. The maximum Gasteiger partial charge on any atom is 0.187 e. The van der Waals surface area contributed by atoms with Gasteiger partial charge in [0.15, 0.2) is 11.5 Å². The highest BCUT2D eigenvalue weighted by Crippen LogP contribution is 2.41. The third kappa shape index (κ3) is 1.69. The quantitative estimate of drug-likeness (QED) is 0.798. The highest BCUT2D eigenvalue weighted by atomic mass is 16.5. The van der Waals surface area contributed by atoms with Crippen LogP contribution in [0.1, 0.15) is 0 Å². The first kappa shape index (κ1) is 10.5. The zero-order chi connectivity index (χ0) is 10.6. The van der Waals surface area contributed by atoms with E-state index in [-0.39, 0.29) is 0 Å². The van der Waals surface area contributed by atoms with Crippen LogP contribution in [0.5, 0.6) is 17.2 Å². The van der Waals surface area contributed by atoms with Crippen LogP contribution in [-0.4, -0.2) is 28.4 Å². The predicted octanol–water partition coefficient (Wildman–Crippen LogP) is 1.75. The van der Waals surface area contributed by atoms with E-state index in [0.29, 0.717) is 11.5 Å². The first-order valence-corrected chi connectivity index (χ1v) is 4.25. The van der Waals surface area contributed by atoms with Crippen molar-refractivity contribution in [3.05, 3.63) is 12.1 Å². The molecular formula is C10H15NO3. The number of ether oxygens (including phenoxy) is 3. The summed E-state index contributed by atoms with van der Waals surface area (Å²) >= 11 is 0. The van der Waals surface area contributed by atoms with Crippen LogP contribution in [0, 0.1) is 0 Å². The lowest BCUT2D eigenvalue weighted by atomic mass is 10.2. The number of rotatable bonds is 4. The number of hydrogen-bond donors (Lipinski definition) is 1. The SMILES string of the molecule is CNc1c(OC)ccc(OC)c1OC. The molecule has 0 radical (unpaired) electrons. The Bertz CT molecular complexity index is 281. The molecule has 0 aliphatic carbocycles. The van der Waals surface area contributed by atoms with Gasteiger partial charge in [0.05, 0.1) is 21.3 Å². The average molecular weight is 197 g/mol. The van der Waals surface area contributed by atoms with E-state index < -0.39 is 0 Å². The highest BCUT2D eigenvalue weighted by molar-refractivity contribution is 5.70. The summed E-state index contributed by atoms with van der Waals surface area (Å²) < 4.78 is 15.6. The molecule has 0 bridgehead atoms. The zero-order valence-corrected chi connectivity index (χ0v) is 8.88. The smallest absolute Gasteiger partial charge is 0.187 e. The fraction of sp³-hybridized carbons (Fsp3) is 0.400.